The Balaban J connectivity index is 1.78. The summed E-state index contributed by atoms with van der Waals surface area (Å²) in [4.78, 5) is 30.8. The summed E-state index contributed by atoms with van der Waals surface area (Å²) >= 11 is 0. The van der Waals surface area contributed by atoms with Crippen LogP contribution < -0.4 is 25.0 Å². The summed E-state index contributed by atoms with van der Waals surface area (Å²) < 4.78 is 14.4. The van der Waals surface area contributed by atoms with Gasteiger partial charge in [0.05, 0.1) is 35.4 Å². The van der Waals surface area contributed by atoms with Gasteiger partial charge in [-0.15, -0.1) is 0 Å². The van der Waals surface area contributed by atoms with Gasteiger partial charge in [-0.05, 0) is 86.0 Å². The molecule has 4 rings (SSSR count). The molecule has 4 aromatic rings. The molecule has 0 saturated heterocycles. The highest BCUT2D eigenvalue weighted by Crippen LogP contribution is 2.39. The highest BCUT2D eigenvalue weighted by atomic mass is 16.5. The first-order chi connectivity index (χ1) is 21.2. The number of amides is 1. The zero-order chi connectivity index (χ0) is 33.1. The summed E-state index contributed by atoms with van der Waals surface area (Å²) in [6.07, 6.45) is 2.95. The number of nitrogens with zero attached hydrogens (tertiary/aromatic N) is 6. The number of benzene rings is 2. The molecular formula is C34H46N8O3. The molecule has 0 unspecified atom stereocenters. The number of imidazole rings is 1. The van der Waals surface area contributed by atoms with Crippen LogP contribution in [0.1, 0.15) is 46.5 Å². The van der Waals surface area contributed by atoms with Gasteiger partial charge in [0.1, 0.15) is 28.4 Å². The topological polar surface area (TPSA) is 110 Å². The van der Waals surface area contributed by atoms with Crippen LogP contribution in [-0.4, -0.2) is 77.3 Å². The molecule has 2 aromatic heterocycles. The maximum Gasteiger partial charge on any atom is 0.247 e. The van der Waals surface area contributed by atoms with E-state index in [1.54, 1.807) is 13.3 Å². The van der Waals surface area contributed by atoms with Gasteiger partial charge in [-0.2, -0.15) is 0 Å². The van der Waals surface area contributed by atoms with Crippen molar-refractivity contribution >= 4 is 40.0 Å². The number of anilines is 4. The first kappa shape index (κ1) is 33.3. The Hall–Kier alpha value is -4.64. The van der Waals surface area contributed by atoms with Crippen LogP contribution in [0.15, 0.2) is 49.2 Å². The van der Waals surface area contributed by atoms with E-state index in [9.17, 15) is 4.79 Å². The average molecular weight is 615 g/mol. The molecule has 0 spiro atoms. The number of ether oxygens (including phenoxy) is 2. The second-order valence-corrected chi connectivity index (χ2v) is 12.6. The van der Waals surface area contributed by atoms with Crippen molar-refractivity contribution in [1.82, 2.24) is 24.4 Å². The maximum absolute atomic E-state index is 12.4. The molecular weight excluding hydrogens is 568 g/mol. The lowest BCUT2D eigenvalue weighted by atomic mass is 10.1. The van der Waals surface area contributed by atoms with E-state index in [2.05, 4.69) is 56.5 Å². The zero-order valence-electron chi connectivity index (χ0n) is 28.1. The molecule has 11 heteroatoms. The molecule has 0 aliphatic rings. The number of carbonyl (C=O) groups is 1. The van der Waals surface area contributed by atoms with Crippen LogP contribution in [-0.2, 0) is 4.79 Å². The molecule has 11 nitrogen and oxygen atoms in total. The third-order valence-electron chi connectivity index (χ3n) is 7.12. The van der Waals surface area contributed by atoms with Crippen molar-refractivity contribution < 1.29 is 14.3 Å². The van der Waals surface area contributed by atoms with Crippen molar-refractivity contribution in [3.05, 3.63) is 55.0 Å². The number of nitrogens with one attached hydrogen (secondary N) is 2. The normalized spacial score (nSPS) is 11.6. The number of hydrogen-bond donors (Lipinski definition) is 2. The summed E-state index contributed by atoms with van der Waals surface area (Å²) in [5.41, 5.74) is 4.97. The molecule has 240 valence electrons. The largest absolute Gasteiger partial charge is 0.494 e. The zero-order valence-corrected chi connectivity index (χ0v) is 28.1. The fourth-order valence-corrected chi connectivity index (χ4v) is 5.09. The Morgan fingerprint density at radius 2 is 1.80 bits per heavy atom. The fraction of sp³-hybridized carbons (Fsp3) is 0.412. The van der Waals surface area contributed by atoms with E-state index in [4.69, 9.17) is 19.4 Å². The molecule has 0 aliphatic heterocycles. The first-order valence-corrected chi connectivity index (χ1v) is 15.0. The van der Waals surface area contributed by atoms with Crippen molar-refractivity contribution in [1.29, 1.82) is 0 Å². The van der Waals surface area contributed by atoms with Crippen LogP contribution in [0.5, 0.6) is 11.5 Å². The minimum atomic E-state index is -0.415. The van der Waals surface area contributed by atoms with Crippen LogP contribution in [0.25, 0.3) is 22.3 Å². The second-order valence-electron chi connectivity index (χ2n) is 12.6. The smallest absolute Gasteiger partial charge is 0.247 e. The van der Waals surface area contributed by atoms with Crippen LogP contribution >= 0.6 is 0 Å². The number of carbonyl (C=O) groups excluding carboxylic acids is 1. The summed E-state index contributed by atoms with van der Waals surface area (Å²) in [5, 5.41) is 6.24. The molecule has 2 N–H and O–H groups in total. The monoisotopic (exact) mass is 614 g/mol. The number of aryl methyl sites for hydroxylation is 1. The number of likely N-dealkylation sites (N-methyl/N-ethyl adjacent to an activating group) is 2. The Bertz CT molecular complexity index is 1690. The molecule has 0 radical (unpaired) electrons. The molecule has 0 aliphatic carbocycles. The predicted octanol–water partition coefficient (Wildman–Crippen LogP) is 6.43. The second kappa shape index (κ2) is 13.6. The molecule has 2 aromatic carbocycles. The molecule has 1 amide bonds. The lowest BCUT2D eigenvalue weighted by molar-refractivity contribution is -0.111. The van der Waals surface area contributed by atoms with Crippen molar-refractivity contribution in [2.24, 2.45) is 0 Å². The first-order valence-electron chi connectivity index (χ1n) is 15.0. The Labute approximate surface area is 266 Å². The minimum Gasteiger partial charge on any atom is -0.494 e. The van der Waals surface area contributed by atoms with Gasteiger partial charge in [0.2, 0.25) is 11.9 Å². The van der Waals surface area contributed by atoms with Gasteiger partial charge in [0, 0.05) is 44.0 Å². The van der Waals surface area contributed by atoms with Crippen molar-refractivity contribution in [2.75, 3.05) is 56.9 Å². The van der Waals surface area contributed by atoms with E-state index in [0.717, 1.165) is 41.2 Å². The number of fused-ring (bicyclic) bond motifs is 1. The van der Waals surface area contributed by atoms with Gasteiger partial charge in [-0.1, -0.05) is 6.58 Å². The SMILES string of the molecule is C=CC(=O)Nc1cc(Nc2nccc(-c3cc(OC(C)(C)C)c4nc(C)n(C(C)C)c4c3)n2)c(OC)cc1N(C)CCN(C)C. The van der Waals surface area contributed by atoms with Crippen LogP contribution in [0.2, 0.25) is 0 Å². The fourth-order valence-electron chi connectivity index (χ4n) is 5.09. The van der Waals surface area contributed by atoms with Gasteiger partial charge in [-0.25, -0.2) is 15.0 Å². The highest BCUT2D eigenvalue weighted by Gasteiger charge is 2.22. The third-order valence-corrected chi connectivity index (χ3v) is 7.12. The molecule has 0 fully saturated rings. The maximum atomic E-state index is 12.4. The van der Waals surface area contributed by atoms with Gasteiger partial charge >= 0.3 is 0 Å². The predicted molar refractivity (Wildman–Crippen MR) is 183 cm³/mol. The van der Waals surface area contributed by atoms with Gasteiger partial charge in [0.15, 0.2) is 0 Å². The molecule has 0 atom stereocenters. The number of hydrogen-bond acceptors (Lipinski definition) is 9. The number of rotatable bonds is 12. The van der Waals surface area contributed by atoms with E-state index in [-0.39, 0.29) is 11.9 Å². The van der Waals surface area contributed by atoms with Crippen LogP contribution in [0.4, 0.5) is 23.0 Å². The van der Waals surface area contributed by atoms with Crippen molar-refractivity contribution in [3.8, 4) is 22.8 Å². The lowest BCUT2D eigenvalue weighted by Crippen LogP contribution is -2.29. The quantitative estimate of drug-likeness (QED) is 0.174. The number of aromatic nitrogens is 4. The van der Waals surface area contributed by atoms with Crippen molar-refractivity contribution in [2.45, 2.75) is 53.2 Å². The van der Waals surface area contributed by atoms with E-state index in [0.29, 0.717) is 34.5 Å². The molecule has 2 heterocycles. The Kier molecular flexibility index (Phi) is 10.0. The molecule has 45 heavy (non-hydrogen) atoms. The summed E-state index contributed by atoms with van der Waals surface area (Å²) in [6.45, 7) is 17.5. The average Bonchev–Trinajstić information content (AvgIpc) is 3.31. The van der Waals surface area contributed by atoms with Crippen molar-refractivity contribution in [3.63, 3.8) is 0 Å². The minimum absolute atomic E-state index is 0.212. The molecule has 0 bridgehead atoms. The summed E-state index contributed by atoms with van der Waals surface area (Å²) in [6, 6.07) is 9.87. The summed E-state index contributed by atoms with van der Waals surface area (Å²) in [7, 11) is 7.62. The van der Waals surface area contributed by atoms with E-state index < -0.39 is 5.60 Å². The number of methoxy groups -OCH3 is 1. The summed E-state index contributed by atoms with van der Waals surface area (Å²) in [5.74, 6) is 2.25. The molecule has 0 saturated carbocycles. The van der Waals surface area contributed by atoms with Gasteiger partial charge in [0.25, 0.3) is 0 Å². The Morgan fingerprint density at radius 3 is 2.42 bits per heavy atom. The highest BCUT2D eigenvalue weighted by molar-refractivity contribution is 6.02. The van der Waals surface area contributed by atoms with E-state index in [1.807, 2.05) is 73.1 Å². The van der Waals surface area contributed by atoms with E-state index >= 15 is 0 Å². The van der Waals surface area contributed by atoms with Crippen LogP contribution in [0, 0.1) is 6.92 Å². The van der Waals surface area contributed by atoms with Crippen LogP contribution in [0.3, 0.4) is 0 Å². The Morgan fingerprint density at radius 1 is 1.07 bits per heavy atom. The third kappa shape index (κ3) is 7.91. The van der Waals surface area contributed by atoms with Gasteiger partial charge in [-0.3, -0.25) is 4.79 Å². The van der Waals surface area contributed by atoms with E-state index in [1.165, 1.54) is 6.08 Å². The van der Waals surface area contributed by atoms with Gasteiger partial charge < -0.3 is 34.5 Å². The standard InChI is InChI=1S/C34H46N8O3/c1-12-31(43)37-25-19-26(29(44-11)20-27(25)41(10)16-15-40(8)9)39-33-35-14-13-24(38-33)23-17-28-32(30(18-23)45-34(5,6)7)36-22(4)42(28)21(2)3/h12-14,17-21H,1,15-16H2,2-11H3,(H,37,43)(H,35,38,39). The lowest BCUT2D eigenvalue weighted by Gasteiger charge is -2.26.